The Labute approximate surface area is 254 Å². The predicted octanol–water partition coefficient (Wildman–Crippen LogP) is 6.95. The van der Waals surface area contributed by atoms with E-state index in [2.05, 4.69) is 10.5 Å². The van der Waals surface area contributed by atoms with Gasteiger partial charge in [-0.15, -0.1) is 0 Å². The van der Waals surface area contributed by atoms with Crippen LogP contribution in [-0.2, 0) is 6.61 Å². The Hall–Kier alpha value is -5.77. The Morgan fingerprint density at radius 1 is 0.955 bits per heavy atom. The van der Waals surface area contributed by atoms with Crippen molar-refractivity contribution in [3.05, 3.63) is 124 Å². The second-order valence-corrected chi connectivity index (χ2v) is 10.0. The number of pyridine rings is 1. The molecule has 1 amide bonds. The first-order chi connectivity index (χ1) is 21.3. The summed E-state index contributed by atoms with van der Waals surface area (Å²) >= 11 is 0. The fourth-order valence-corrected chi connectivity index (χ4v) is 4.64. The molecule has 0 bridgehead atoms. The summed E-state index contributed by atoms with van der Waals surface area (Å²) in [6.07, 6.45) is 1.47. The zero-order valence-corrected chi connectivity index (χ0v) is 24.4. The van der Waals surface area contributed by atoms with Crippen molar-refractivity contribution in [2.45, 2.75) is 26.6 Å². The third-order valence-electron chi connectivity index (χ3n) is 6.62. The van der Waals surface area contributed by atoms with Gasteiger partial charge in [-0.3, -0.25) is 14.9 Å². The quantitative estimate of drug-likeness (QED) is 0.100. The second-order valence-electron chi connectivity index (χ2n) is 10.0. The minimum Gasteiger partial charge on any atom is -0.496 e. The van der Waals surface area contributed by atoms with Gasteiger partial charge in [0.1, 0.15) is 18.1 Å². The van der Waals surface area contributed by atoms with Gasteiger partial charge in [-0.05, 0) is 67.9 Å². The number of methoxy groups -OCH3 is 1. The highest BCUT2D eigenvalue weighted by molar-refractivity contribution is 6.07. The van der Waals surface area contributed by atoms with Gasteiger partial charge in [-0.2, -0.15) is 5.10 Å². The van der Waals surface area contributed by atoms with E-state index in [4.69, 9.17) is 19.2 Å². The van der Waals surface area contributed by atoms with Gasteiger partial charge in [-0.1, -0.05) is 42.5 Å². The van der Waals surface area contributed by atoms with Gasteiger partial charge in [0.15, 0.2) is 5.75 Å². The molecule has 0 saturated carbocycles. The van der Waals surface area contributed by atoms with Crippen molar-refractivity contribution in [1.82, 2.24) is 10.4 Å². The number of hydrogen-bond donors (Lipinski definition) is 1. The first-order valence-electron chi connectivity index (χ1n) is 13.9. The number of nitro groups is 1. The van der Waals surface area contributed by atoms with Gasteiger partial charge in [0.05, 0.1) is 41.1 Å². The lowest BCUT2D eigenvalue weighted by atomic mass is 10.0. The van der Waals surface area contributed by atoms with Gasteiger partial charge in [0, 0.05) is 22.6 Å². The first-order valence-corrected chi connectivity index (χ1v) is 13.9. The molecular formula is C34H30N4O6. The molecule has 10 heteroatoms. The van der Waals surface area contributed by atoms with E-state index in [0.717, 1.165) is 5.56 Å². The third kappa shape index (κ3) is 6.81. The van der Waals surface area contributed by atoms with Crippen molar-refractivity contribution in [1.29, 1.82) is 0 Å². The molecule has 1 N–H and O–H groups in total. The van der Waals surface area contributed by atoms with Crippen LogP contribution in [0.5, 0.6) is 17.2 Å². The molecular weight excluding hydrogens is 560 g/mol. The Bertz CT molecular complexity index is 1850. The number of para-hydroxylation sites is 4. The van der Waals surface area contributed by atoms with Gasteiger partial charge < -0.3 is 14.2 Å². The minimum absolute atomic E-state index is 0.0237. The SMILES string of the molecule is COc1ccc(/C=N\NC(=O)c2cc(-c3ccccc3OC(C)C)nc3ccccc23)cc1COc1ccccc1[N+](=O)[O-]. The molecule has 10 nitrogen and oxygen atoms in total. The molecule has 0 aliphatic carbocycles. The summed E-state index contributed by atoms with van der Waals surface area (Å²) < 4.78 is 17.2. The third-order valence-corrected chi connectivity index (χ3v) is 6.62. The van der Waals surface area contributed by atoms with Crippen LogP contribution < -0.4 is 19.6 Å². The standard InChI is InChI=1S/C34H30N4O6/c1-22(2)44-32-14-8-5-11-26(32)29-19-27(25-10-4-6-12-28(25)36-29)34(39)37-35-20-23-16-17-31(42-3)24(18-23)21-43-33-15-9-7-13-30(33)38(40)41/h4-20,22H,21H2,1-3H3,(H,37,39)/b35-20-. The molecule has 0 aliphatic heterocycles. The highest BCUT2D eigenvalue weighted by Crippen LogP contribution is 2.32. The van der Waals surface area contributed by atoms with E-state index in [9.17, 15) is 14.9 Å². The predicted molar refractivity (Wildman–Crippen MR) is 168 cm³/mol. The first kappa shape index (κ1) is 29.7. The number of carbonyl (C=O) groups excluding carboxylic acids is 1. The maximum atomic E-state index is 13.4. The van der Waals surface area contributed by atoms with Crippen LogP contribution in [-0.4, -0.2) is 35.2 Å². The Morgan fingerprint density at radius 3 is 2.45 bits per heavy atom. The number of rotatable bonds is 11. The number of benzene rings is 4. The molecule has 222 valence electrons. The van der Waals surface area contributed by atoms with Gasteiger partial charge in [-0.25, -0.2) is 10.4 Å². The number of hydrogen-bond acceptors (Lipinski definition) is 8. The molecule has 0 fully saturated rings. The summed E-state index contributed by atoms with van der Waals surface area (Å²) in [6.45, 7) is 3.93. The van der Waals surface area contributed by atoms with E-state index in [1.807, 2.05) is 62.4 Å². The summed E-state index contributed by atoms with van der Waals surface area (Å²) in [5.74, 6) is 0.961. The summed E-state index contributed by atoms with van der Waals surface area (Å²) in [4.78, 5) is 29.1. The van der Waals surface area contributed by atoms with E-state index in [1.54, 1.807) is 36.4 Å². The largest absolute Gasteiger partial charge is 0.496 e. The maximum Gasteiger partial charge on any atom is 0.310 e. The number of aromatic nitrogens is 1. The molecule has 4 aromatic carbocycles. The van der Waals surface area contributed by atoms with Crippen molar-refractivity contribution in [3.8, 4) is 28.5 Å². The van der Waals surface area contributed by atoms with Crippen LogP contribution in [0.2, 0.25) is 0 Å². The molecule has 0 atom stereocenters. The number of fused-ring (bicyclic) bond motifs is 1. The minimum atomic E-state index is -0.495. The number of nitrogens with one attached hydrogen (secondary N) is 1. The van der Waals surface area contributed by atoms with Crippen LogP contribution in [0, 0.1) is 10.1 Å². The molecule has 1 heterocycles. The van der Waals surface area contributed by atoms with Gasteiger partial charge in [0.25, 0.3) is 5.91 Å². The van der Waals surface area contributed by atoms with E-state index in [1.165, 1.54) is 25.5 Å². The fourth-order valence-electron chi connectivity index (χ4n) is 4.64. The number of amides is 1. The Morgan fingerprint density at radius 2 is 1.68 bits per heavy atom. The zero-order valence-electron chi connectivity index (χ0n) is 24.4. The van der Waals surface area contributed by atoms with Crippen LogP contribution in [0.25, 0.3) is 22.2 Å². The summed E-state index contributed by atoms with van der Waals surface area (Å²) in [5, 5.41) is 16.2. The molecule has 44 heavy (non-hydrogen) atoms. The summed E-state index contributed by atoms with van der Waals surface area (Å²) in [6, 6.07) is 28.2. The molecule has 5 aromatic rings. The molecule has 0 radical (unpaired) electrons. The summed E-state index contributed by atoms with van der Waals surface area (Å²) in [5.41, 5.74) is 6.26. The van der Waals surface area contributed by atoms with Crippen LogP contribution >= 0.6 is 0 Å². The maximum absolute atomic E-state index is 13.4. The topological polar surface area (TPSA) is 125 Å². The van der Waals surface area contributed by atoms with Crippen molar-refractivity contribution in [3.63, 3.8) is 0 Å². The van der Waals surface area contributed by atoms with Gasteiger partial charge >= 0.3 is 5.69 Å². The number of carbonyl (C=O) groups is 1. The van der Waals surface area contributed by atoms with Crippen LogP contribution in [0.4, 0.5) is 5.69 Å². The van der Waals surface area contributed by atoms with Crippen LogP contribution in [0.15, 0.2) is 102 Å². The number of ether oxygens (including phenoxy) is 3. The average Bonchev–Trinajstić information content (AvgIpc) is 3.03. The zero-order chi connectivity index (χ0) is 31.1. The Kier molecular flexibility index (Phi) is 9.10. The molecule has 1 aromatic heterocycles. The van der Waals surface area contributed by atoms with E-state index in [0.29, 0.717) is 44.8 Å². The van der Waals surface area contributed by atoms with Crippen molar-refractivity contribution in [2.75, 3.05) is 7.11 Å². The number of nitro benzene ring substituents is 1. The molecule has 0 spiro atoms. The van der Waals surface area contributed by atoms with Crippen molar-refractivity contribution >= 4 is 28.7 Å². The molecule has 0 aliphatic rings. The van der Waals surface area contributed by atoms with E-state index >= 15 is 0 Å². The highest BCUT2D eigenvalue weighted by atomic mass is 16.6. The number of nitrogens with zero attached hydrogens (tertiary/aromatic N) is 3. The lowest BCUT2D eigenvalue weighted by Crippen LogP contribution is -2.18. The highest BCUT2D eigenvalue weighted by Gasteiger charge is 2.17. The fraction of sp³-hybridized carbons (Fsp3) is 0.147. The van der Waals surface area contributed by atoms with Crippen molar-refractivity contribution < 1.29 is 23.9 Å². The monoisotopic (exact) mass is 590 g/mol. The average molecular weight is 591 g/mol. The van der Waals surface area contributed by atoms with Gasteiger partial charge in [0.2, 0.25) is 0 Å². The molecule has 5 rings (SSSR count). The number of hydrazone groups is 1. The van der Waals surface area contributed by atoms with Crippen LogP contribution in [0.3, 0.4) is 0 Å². The smallest absolute Gasteiger partial charge is 0.310 e. The lowest BCUT2D eigenvalue weighted by Gasteiger charge is -2.15. The van der Waals surface area contributed by atoms with E-state index in [-0.39, 0.29) is 24.1 Å². The Balaban J connectivity index is 1.38. The normalized spacial score (nSPS) is 11.1. The lowest BCUT2D eigenvalue weighted by molar-refractivity contribution is -0.385. The molecule has 0 unspecified atom stereocenters. The second kappa shape index (κ2) is 13.5. The van der Waals surface area contributed by atoms with E-state index < -0.39 is 10.8 Å². The summed E-state index contributed by atoms with van der Waals surface area (Å²) in [7, 11) is 1.53. The van der Waals surface area contributed by atoms with Crippen molar-refractivity contribution in [2.24, 2.45) is 5.10 Å². The van der Waals surface area contributed by atoms with Crippen LogP contribution in [0.1, 0.15) is 35.3 Å². The molecule has 0 saturated heterocycles.